The van der Waals surface area contributed by atoms with E-state index in [1.54, 1.807) is 18.2 Å². The van der Waals surface area contributed by atoms with Gasteiger partial charge in [-0.15, -0.1) is 0 Å². The molecule has 0 aliphatic carbocycles. The van der Waals surface area contributed by atoms with E-state index in [1.165, 1.54) is 37.4 Å². The van der Waals surface area contributed by atoms with Gasteiger partial charge in [0.15, 0.2) is 0 Å². The summed E-state index contributed by atoms with van der Waals surface area (Å²) >= 11 is 0. The molecule has 2 amide bonds. The summed E-state index contributed by atoms with van der Waals surface area (Å²) < 4.78 is 18.3. The maximum Gasteiger partial charge on any atom is 0.337 e. The summed E-state index contributed by atoms with van der Waals surface area (Å²) in [6, 6.07) is 11.9. The quantitative estimate of drug-likeness (QED) is 0.622. The number of ether oxygens (including phenoxy) is 1. The lowest BCUT2D eigenvalue weighted by Gasteiger charge is -2.16. The molecule has 27 heavy (non-hydrogen) atoms. The van der Waals surface area contributed by atoms with Crippen LogP contribution in [-0.4, -0.2) is 37.5 Å². The molecule has 0 saturated carbocycles. The summed E-state index contributed by atoms with van der Waals surface area (Å²) in [5.41, 5.74) is 1.29. The predicted octanol–water partition coefficient (Wildman–Crippen LogP) is 2.08. The van der Waals surface area contributed by atoms with E-state index in [4.69, 9.17) is 0 Å². The Morgan fingerprint density at radius 1 is 1.19 bits per heavy atom. The summed E-state index contributed by atoms with van der Waals surface area (Å²) in [6.45, 7) is 0.375. The van der Waals surface area contributed by atoms with Gasteiger partial charge in [-0.2, -0.15) is 0 Å². The van der Waals surface area contributed by atoms with Crippen LogP contribution in [0.5, 0.6) is 0 Å². The van der Waals surface area contributed by atoms with Gasteiger partial charge >= 0.3 is 5.97 Å². The molecule has 0 unspecified atom stereocenters. The number of methoxy groups -OCH3 is 1. The Balaban J connectivity index is 1.63. The standard InChI is InChI=1S/C20H19FN2O4/c1-27-20(26)14-6-8-15(9-7-14)23-18(24)12-17(19(23)25)22-11-10-13-4-2-3-5-16(13)21/h2-9,17,22H,10-12H2,1H3/t17-/m0/s1. The summed E-state index contributed by atoms with van der Waals surface area (Å²) in [6.07, 6.45) is 0.452. The first-order valence-electron chi connectivity index (χ1n) is 8.53. The zero-order valence-corrected chi connectivity index (χ0v) is 14.8. The predicted molar refractivity (Wildman–Crippen MR) is 96.8 cm³/mol. The summed E-state index contributed by atoms with van der Waals surface area (Å²) in [5.74, 6) is -1.47. The van der Waals surface area contributed by atoms with Crippen molar-refractivity contribution in [2.45, 2.75) is 18.9 Å². The van der Waals surface area contributed by atoms with E-state index in [2.05, 4.69) is 10.1 Å². The minimum atomic E-state index is -0.649. The molecule has 2 aromatic rings. The van der Waals surface area contributed by atoms with E-state index >= 15 is 0 Å². The van der Waals surface area contributed by atoms with Gasteiger partial charge in [0, 0.05) is 6.54 Å². The van der Waals surface area contributed by atoms with E-state index in [1.807, 2.05) is 0 Å². The van der Waals surface area contributed by atoms with Gasteiger partial charge < -0.3 is 10.1 Å². The van der Waals surface area contributed by atoms with Gasteiger partial charge in [0.2, 0.25) is 5.91 Å². The molecule has 7 heteroatoms. The smallest absolute Gasteiger partial charge is 0.337 e. The molecule has 1 aliphatic rings. The number of benzene rings is 2. The number of nitrogens with zero attached hydrogens (tertiary/aromatic N) is 1. The number of anilines is 1. The Hall–Kier alpha value is -3.06. The summed E-state index contributed by atoms with van der Waals surface area (Å²) in [5, 5.41) is 3.02. The maximum absolute atomic E-state index is 13.6. The molecule has 0 bridgehead atoms. The van der Waals surface area contributed by atoms with Crippen molar-refractivity contribution in [1.82, 2.24) is 5.32 Å². The van der Waals surface area contributed by atoms with Crippen molar-refractivity contribution in [1.29, 1.82) is 0 Å². The van der Waals surface area contributed by atoms with Gasteiger partial charge in [-0.3, -0.25) is 9.59 Å². The molecule has 0 radical (unpaired) electrons. The second kappa shape index (κ2) is 8.09. The summed E-state index contributed by atoms with van der Waals surface area (Å²) in [4.78, 5) is 37.4. The van der Waals surface area contributed by atoms with Crippen molar-refractivity contribution in [3.63, 3.8) is 0 Å². The highest BCUT2D eigenvalue weighted by atomic mass is 19.1. The molecule has 1 heterocycles. The number of rotatable bonds is 6. The number of hydrogen-bond donors (Lipinski definition) is 1. The fraction of sp³-hybridized carbons (Fsp3) is 0.250. The molecule has 140 valence electrons. The average molecular weight is 370 g/mol. The second-order valence-corrected chi connectivity index (χ2v) is 6.16. The molecule has 2 aromatic carbocycles. The van der Waals surface area contributed by atoms with Gasteiger partial charge in [-0.05, 0) is 42.3 Å². The van der Waals surface area contributed by atoms with E-state index in [0.29, 0.717) is 29.8 Å². The van der Waals surface area contributed by atoms with Crippen molar-refractivity contribution >= 4 is 23.5 Å². The van der Waals surface area contributed by atoms with E-state index in [0.717, 1.165) is 4.90 Å². The average Bonchev–Trinajstić information content (AvgIpc) is 2.96. The minimum absolute atomic E-state index is 0.0366. The van der Waals surface area contributed by atoms with Gasteiger partial charge in [0.05, 0.1) is 30.8 Å². The van der Waals surface area contributed by atoms with Crippen molar-refractivity contribution in [2.24, 2.45) is 0 Å². The Morgan fingerprint density at radius 3 is 2.56 bits per heavy atom. The largest absolute Gasteiger partial charge is 0.465 e. The van der Waals surface area contributed by atoms with Crippen molar-refractivity contribution in [3.8, 4) is 0 Å². The molecule has 0 spiro atoms. The number of esters is 1. The fourth-order valence-electron chi connectivity index (χ4n) is 3.01. The third-order valence-corrected chi connectivity index (χ3v) is 4.44. The van der Waals surface area contributed by atoms with Crippen LogP contribution in [0, 0.1) is 5.82 Å². The third-order valence-electron chi connectivity index (χ3n) is 4.44. The number of carbonyl (C=O) groups is 3. The van der Waals surface area contributed by atoms with E-state index < -0.39 is 12.0 Å². The molecular formula is C20H19FN2O4. The first-order chi connectivity index (χ1) is 13.0. The highest BCUT2D eigenvalue weighted by Gasteiger charge is 2.39. The van der Waals surface area contributed by atoms with Crippen molar-refractivity contribution in [2.75, 3.05) is 18.6 Å². The Morgan fingerprint density at radius 2 is 1.89 bits per heavy atom. The lowest BCUT2D eigenvalue weighted by molar-refractivity contribution is -0.121. The SMILES string of the molecule is COC(=O)c1ccc(N2C(=O)C[C@H](NCCc3ccccc3F)C2=O)cc1. The summed E-state index contributed by atoms with van der Waals surface area (Å²) in [7, 11) is 1.28. The fourth-order valence-corrected chi connectivity index (χ4v) is 3.01. The molecule has 1 saturated heterocycles. The zero-order chi connectivity index (χ0) is 19.4. The molecular weight excluding hydrogens is 351 g/mol. The van der Waals surface area contributed by atoms with Gasteiger partial charge in [0.1, 0.15) is 5.82 Å². The topological polar surface area (TPSA) is 75.7 Å². The maximum atomic E-state index is 13.6. The Bertz CT molecular complexity index is 867. The van der Waals surface area contributed by atoms with Crippen LogP contribution < -0.4 is 10.2 Å². The molecule has 1 atom stereocenters. The Kier molecular flexibility index (Phi) is 5.61. The second-order valence-electron chi connectivity index (χ2n) is 6.16. The molecule has 1 aliphatic heterocycles. The van der Waals surface area contributed by atoms with Crippen LogP contribution in [-0.2, 0) is 20.7 Å². The van der Waals surface area contributed by atoms with Crippen LogP contribution in [0.4, 0.5) is 10.1 Å². The monoisotopic (exact) mass is 370 g/mol. The molecule has 0 aromatic heterocycles. The van der Waals surface area contributed by atoms with Crippen LogP contribution in [0.15, 0.2) is 48.5 Å². The number of amides is 2. The van der Waals surface area contributed by atoms with Crippen LogP contribution in [0.25, 0.3) is 0 Å². The van der Waals surface area contributed by atoms with Crippen LogP contribution >= 0.6 is 0 Å². The highest BCUT2D eigenvalue weighted by Crippen LogP contribution is 2.23. The number of halogens is 1. The molecule has 1 fully saturated rings. The molecule has 3 rings (SSSR count). The molecule has 1 N–H and O–H groups in total. The molecule has 6 nitrogen and oxygen atoms in total. The number of carbonyl (C=O) groups excluding carboxylic acids is 3. The number of imide groups is 1. The number of hydrogen-bond acceptors (Lipinski definition) is 5. The van der Waals surface area contributed by atoms with Gasteiger partial charge in [0.25, 0.3) is 5.91 Å². The van der Waals surface area contributed by atoms with Crippen LogP contribution in [0.2, 0.25) is 0 Å². The first-order valence-corrected chi connectivity index (χ1v) is 8.53. The Labute approximate surface area is 155 Å². The van der Waals surface area contributed by atoms with Crippen LogP contribution in [0.1, 0.15) is 22.3 Å². The normalized spacial score (nSPS) is 16.7. The minimum Gasteiger partial charge on any atom is -0.465 e. The van der Waals surface area contributed by atoms with Crippen LogP contribution in [0.3, 0.4) is 0 Å². The first kappa shape index (κ1) is 18.7. The van der Waals surface area contributed by atoms with E-state index in [9.17, 15) is 18.8 Å². The lowest BCUT2D eigenvalue weighted by atomic mass is 10.1. The van der Waals surface area contributed by atoms with Crippen molar-refractivity contribution < 1.29 is 23.5 Å². The highest BCUT2D eigenvalue weighted by molar-refractivity contribution is 6.22. The third kappa shape index (κ3) is 4.03. The number of nitrogens with one attached hydrogen (secondary N) is 1. The zero-order valence-electron chi connectivity index (χ0n) is 14.8. The van der Waals surface area contributed by atoms with E-state index in [-0.39, 0.29) is 24.1 Å². The lowest BCUT2D eigenvalue weighted by Crippen LogP contribution is -2.39. The van der Waals surface area contributed by atoms with Crippen molar-refractivity contribution in [3.05, 3.63) is 65.5 Å². The van der Waals surface area contributed by atoms with Gasteiger partial charge in [-0.25, -0.2) is 14.1 Å². The van der Waals surface area contributed by atoms with Gasteiger partial charge in [-0.1, -0.05) is 18.2 Å².